The van der Waals surface area contributed by atoms with Crippen LogP contribution in [-0.2, 0) is 11.2 Å². The number of carbonyl (C=O) groups is 1. The molecule has 2 aromatic carbocycles. The monoisotopic (exact) mass is 351 g/mol. The topological polar surface area (TPSA) is 29.5 Å². The molecular weight excluding hydrogens is 322 g/mol. The maximum atomic E-state index is 11.5. The molecule has 3 heteroatoms. The zero-order valence-corrected chi connectivity index (χ0v) is 16.1. The normalized spacial score (nSPS) is 17.9. The molecule has 0 saturated carbocycles. The molecule has 138 valence electrons. The summed E-state index contributed by atoms with van der Waals surface area (Å²) in [6.45, 7) is 4.73. The van der Waals surface area contributed by atoms with Gasteiger partial charge in [0.1, 0.15) is 5.75 Å². The third-order valence-electron chi connectivity index (χ3n) is 5.36. The first kappa shape index (κ1) is 18.7. The molecule has 3 rings (SSSR count). The molecule has 0 radical (unpaired) electrons. The number of ether oxygens (including phenoxy) is 1. The highest BCUT2D eigenvalue weighted by atomic mass is 16.5. The van der Waals surface area contributed by atoms with Gasteiger partial charge in [0.25, 0.3) is 0 Å². The molecule has 1 aliphatic heterocycles. The SMILES string of the molecule is CC(=O)Oc1ccc(C)cc1-c1ccccc1CCC1CCCCN1C. The molecule has 0 aromatic heterocycles. The maximum absolute atomic E-state index is 11.5. The predicted octanol–water partition coefficient (Wildman–Crippen LogP) is 5.00. The Hall–Kier alpha value is -2.13. The molecule has 1 fully saturated rings. The molecule has 26 heavy (non-hydrogen) atoms. The van der Waals surface area contributed by atoms with Gasteiger partial charge in [0.05, 0.1) is 0 Å². The summed E-state index contributed by atoms with van der Waals surface area (Å²) in [6.07, 6.45) is 6.16. The molecule has 1 aliphatic rings. The molecule has 0 bridgehead atoms. The summed E-state index contributed by atoms with van der Waals surface area (Å²) in [6, 6.07) is 15.2. The van der Waals surface area contributed by atoms with Gasteiger partial charge in [-0.1, -0.05) is 42.3 Å². The molecule has 3 nitrogen and oxygen atoms in total. The van der Waals surface area contributed by atoms with Gasteiger partial charge >= 0.3 is 5.97 Å². The average Bonchev–Trinajstić information content (AvgIpc) is 2.62. The van der Waals surface area contributed by atoms with E-state index >= 15 is 0 Å². The third-order valence-corrected chi connectivity index (χ3v) is 5.36. The van der Waals surface area contributed by atoms with Gasteiger partial charge in [-0.25, -0.2) is 0 Å². The molecule has 1 heterocycles. The fraction of sp³-hybridized carbons (Fsp3) is 0.435. The zero-order valence-electron chi connectivity index (χ0n) is 16.1. The van der Waals surface area contributed by atoms with Crippen molar-refractivity contribution in [2.75, 3.05) is 13.6 Å². The van der Waals surface area contributed by atoms with E-state index in [-0.39, 0.29) is 5.97 Å². The van der Waals surface area contributed by atoms with Crippen LogP contribution in [0.1, 0.15) is 43.7 Å². The van der Waals surface area contributed by atoms with E-state index in [1.807, 2.05) is 12.1 Å². The fourth-order valence-corrected chi connectivity index (χ4v) is 3.93. The van der Waals surface area contributed by atoms with Crippen LogP contribution >= 0.6 is 0 Å². The van der Waals surface area contributed by atoms with Gasteiger partial charge in [-0.05, 0) is 69.5 Å². The van der Waals surface area contributed by atoms with E-state index in [2.05, 4.69) is 49.2 Å². The number of aryl methyl sites for hydroxylation is 2. The number of likely N-dealkylation sites (tertiary alicyclic amines) is 1. The molecule has 1 atom stereocenters. The van der Waals surface area contributed by atoms with Crippen molar-refractivity contribution in [3.8, 4) is 16.9 Å². The number of rotatable bonds is 5. The van der Waals surface area contributed by atoms with Crippen LogP contribution in [-0.4, -0.2) is 30.5 Å². The Morgan fingerprint density at radius 3 is 2.73 bits per heavy atom. The molecule has 0 spiro atoms. The Balaban J connectivity index is 1.87. The van der Waals surface area contributed by atoms with Gasteiger partial charge in [0.2, 0.25) is 0 Å². The smallest absolute Gasteiger partial charge is 0.308 e. The Labute approximate surface area is 157 Å². The molecule has 1 unspecified atom stereocenters. The minimum atomic E-state index is -0.281. The molecule has 2 aromatic rings. The number of hydrogen-bond donors (Lipinski definition) is 0. The van der Waals surface area contributed by atoms with E-state index in [1.54, 1.807) is 0 Å². The van der Waals surface area contributed by atoms with Crippen LogP contribution in [0, 0.1) is 6.92 Å². The van der Waals surface area contributed by atoms with Crippen LogP contribution in [0.2, 0.25) is 0 Å². The van der Waals surface area contributed by atoms with Crippen molar-refractivity contribution in [1.82, 2.24) is 4.90 Å². The summed E-state index contributed by atoms with van der Waals surface area (Å²) in [5, 5.41) is 0. The number of benzene rings is 2. The van der Waals surface area contributed by atoms with Gasteiger partial charge in [-0.3, -0.25) is 4.79 Å². The standard InChI is InChI=1S/C23H29NO2/c1-17-11-14-23(26-18(2)25)22(16-17)21-10-5-4-8-19(21)12-13-20-9-6-7-15-24(20)3/h4-5,8,10-11,14,16,20H,6-7,9,12-13,15H2,1-3H3. The van der Waals surface area contributed by atoms with Crippen molar-refractivity contribution in [2.45, 2.75) is 52.0 Å². The van der Waals surface area contributed by atoms with E-state index in [0.29, 0.717) is 11.8 Å². The molecule has 0 amide bonds. The summed E-state index contributed by atoms with van der Waals surface area (Å²) in [4.78, 5) is 14.0. The van der Waals surface area contributed by atoms with E-state index in [4.69, 9.17) is 4.74 Å². The van der Waals surface area contributed by atoms with E-state index in [9.17, 15) is 4.79 Å². The highest BCUT2D eigenvalue weighted by Crippen LogP contribution is 2.34. The van der Waals surface area contributed by atoms with Gasteiger partial charge in [0, 0.05) is 18.5 Å². The lowest BCUT2D eigenvalue weighted by molar-refractivity contribution is -0.131. The minimum Gasteiger partial charge on any atom is -0.426 e. The summed E-state index contributed by atoms with van der Waals surface area (Å²) in [5.41, 5.74) is 4.67. The van der Waals surface area contributed by atoms with Crippen molar-refractivity contribution in [3.05, 3.63) is 53.6 Å². The Morgan fingerprint density at radius 1 is 1.15 bits per heavy atom. The van der Waals surface area contributed by atoms with E-state index < -0.39 is 0 Å². The second-order valence-electron chi connectivity index (χ2n) is 7.42. The summed E-state index contributed by atoms with van der Waals surface area (Å²) >= 11 is 0. The molecule has 0 N–H and O–H groups in total. The quantitative estimate of drug-likeness (QED) is 0.560. The Kier molecular flexibility index (Phi) is 6.10. The van der Waals surface area contributed by atoms with Gasteiger partial charge < -0.3 is 9.64 Å². The number of piperidine rings is 1. The third kappa shape index (κ3) is 4.53. The number of esters is 1. The first-order valence-corrected chi connectivity index (χ1v) is 9.62. The lowest BCUT2D eigenvalue weighted by atomic mass is 9.91. The number of hydrogen-bond acceptors (Lipinski definition) is 3. The first-order valence-electron chi connectivity index (χ1n) is 9.62. The van der Waals surface area contributed by atoms with E-state index in [1.165, 1.54) is 50.3 Å². The highest BCUT2D eigenvalue weighted by molar-refractivity contribution is 5.78. The van der Waals surface area contributed by atoms with Crippen LogP contribution in [0.15, 0.2) is 42.5 Å². The lowest BCUT2D eigenvalue weighted by Crippen LogP contribution is -2.36. The second kappa shape index (κ2) is 8.50. The van der Waals surface area contributed by atoms with Gasteiger partial charge in [-0.15, -0.1) is 0 Å². The van der Waals surface area contributed by atoms with Crippen LogP contribution < -0.4 is 4.74 Å². The second-order valence-corrected chi connectivity index (χ2v) is 7.42. The van der Waals surface area contributed by atoms with E-state index in [0.717, 1.165) is 17.5 Å². The van der Waals surface area contributed by atoms with Crippen molar-refractivity contribution in [2.24, 2.45) is 0 Å². The first-order chi connectivity index (χ1) is 12.5. The zero-order chi connectivity index (χ0) is 18.5. The summed E-state index contributed by atoms with van der Waals surface area (Å²) in [5.74, 6) is 0.363. The largest absolute Gasteiger partial charge is 0.426 e. The van der Waals surface area contributed by atoms with Crippen LogP contribution in [0.4, 0.5) is 0 Å². The molecule has 0 aliphatic carbocycles. The fourth-order valence-electron chi connectivity index (χ4n) is 3.93. The maximum Gasteiger partial charge on any atom is 0.308 e. The van der Waals surface area contributed by atoms with Crippen molar-refractivity contribution in [1.29, 1.82) is 0 Å². The number of nitrogens with zero attached hydrogens (tertiary/aromatic N) is 1. The van der Waals surface area contributed by atoms with Crippen LogP contribution in [0.5, 0.6) is 5.75 Å². The minimum absolute atomic E-state index is 0.281. The number of carbonyl (C=O) groups excluding carboxylic acids is 1. The average molecular weight is 351 g/mol. The van der Waals surface area contributed by atoms with Gasteiger partial charge in [0.15, 0.2) is 0 Å². The Bertz CT molecular complexity index is 769. The predicted molar refractivity (Wildman–Crippen MR) is 107 cm³/mol. The van der Waals surface area contributed by atoms with Crippen LogP contribution in [0.25, 0.3) is 11.1 Å². The van der Waals surface area contributed by atoms with Gasteiger partial charge in [-0.2, -0.15) is 0 Å². The van der Waals surface area contributed by atoms with Crippen molar-refractivity contribution >= 4 is 5.97 Å². The molecular formula is C23H29NO2. The van der Waals surface area contributed by atoms with Crippen molar-refractivity contribution < 1.29 is 9.53 Å². The van der Waals surface area contributed by atoms with Crippen molar-refractivity contribution in [3.63, 3.8) is 0 Å². The lowest BCUT2D eigenvalue weighted by Gasteiger charge is -2.32. The molecule has 1 saturated heterocycles. The highest BCUT2D eigenvalue weighted by Gasteiger charge is 2.19. The van der Waals surface area contributed by atoms with Crippen LogP contribution in [0.3, 0.4) is 0 Å². The summed E-state index contributed by atoms with van der Waals surface area (Å²) in [7, 11) is 2.25. The Morgan fingerprint density at radius 2 is 1.96 bits per heavy atom. The summed E-state index contributed by atoms with van der Waals surface area (Å²) < 4.78 is 5.47.